The maximum absolute atomic E-state index is 11.5. The summed E-state index contributed by atoms with van der Waals surface area (Å²) >= 11 is 13.0. The Hall–Kier alpha value is -0.260. The van der Waals surface area contributed by atoms with E-state index < -0.39 is 5.62 Å². The Balaban J connectivity index is 2.78. The maximum atomic E-state index is 11.5. The van der Waals surface area contributed by atoms with E-state index in [1.54, 1.807) is 24.3 Å². The second kappa shape index (κ2) is 9.78. The minimum Gasteiger partial charge on any atom is -0.473 e. The normalized spacial score (nSPS) is 14.9. The molecule has 22 heavy (non-hydrogen) atoms. The molecule has 124 valence electrons. The number of hydrogen-bond acceptors (Lipinski definition) is 5. The maximum Gasteiger partial charge on any atom is 0.218 e. The Morgan fingerprint density at radius 1 is 1.41 bits per heavy atom. The number of amides is 1. The molecule has 0 aliphatic heterocycles. The number of rotatable bonds is 10. The first kappa shape index (κ1) is 19.8. The fourth-order valence-corrected chi connectivity index (χ4v) is 7.99. The van der Waals surface area contributed by atoms with Gasteiger partial charge in [-0.05, 0) is 49.4 Å². The highest BCUT2D eigenvalue weighted by Crippen LogP contribution is 2.64. The number of halogens is 1. The molecule has 0 spiro atoms. The summed E-state index contributed by atoms with van der Waals surface area (Å²) in [7, 11) is 0. The van der Waals surface area contributed by atoms with Crippen LogP contribution in [0, 0.1) is 0 Å². The Morgan fingerprint density at radius 2 is 2.05 bits per heavy atom. The van der Waals surface area contributed by atoms with Gasteiger partial charge in [0.2, 0.25) is 12.0 Å². The molecule has 1 amide bonds. The highest BCUT2D eigenvalue weighted by atomic mass is 35.5. The molecule has 0 aromatic heterocycles. The molecular weight excluding hydrogens is 361 g/mol. The molecule has 8 heteroatoms. The summed E-state index contributed by atoms with van der Waals surface area (Å²) < 4.78 is 12.8. The topological polar surface area (TPSA) is 38.8 Å². The minimum atomic E-state index is -2.48. The van der Waals surface area contributed by atoms with Crippen molar-refractivity contribution < 1.29 is 14.1 Å². The summed E-state index contributed by atoms with van der Waals surface area (Å²) in [5, 5.41) is 0.946. The summed E-state index contributed by atoms with van der Waals surface area (Å²) in [6, 6.07) is 6.96. The van der Waals surface area contributed by atoms with Crippen molar-refractivity contribution in [1.29, 1.82) is 0 Å². The van der Waals surface area contributed by atoms with E-state index in [9.17, 15) is 4.79 Å². The van der Waals surface area contributed by atoms with Gasteiger partial charge in [-0.15, -0.1) is 0 Å². The minimum absolute atomic E-state index is 0.0614. The van der Waals surface area contributed by atoms with Gasteiger partial charge in [-0.25, -0.2) is 0 Å². The summed E-state index contributed by atoms with van der Waals surface area (Å²) in [6.45, 7) is 6.56. The highest BCUT2D eigenvalue weighted by molar-refractivity contribution is 8.69. The van der Waals surface area contributed by atoms with Crippen LogP contribution < -0.4 is 4.74 Å². The molecule has 0 saturated carbocycles. The van der Waals surface area contributed by atoms with Crippen LogP contribution in [0.5, 0.6) is 5.75 Å². The van der Waals surface area contributed by atoms with Crippen molar-refractivity contribution in [3.63, 3.8) is 0 Å². The van der Waals surface area contributed by atoms with Gasteiger partial charge in [-0.2, -0.15) is 0 Å². The highest BCUT2D eigenvalue weighted by Gasteiger charge is 2.29. The van der Waals surface area contributed by atoms with Gasteiger partial charge in [0.25, 0.3) is 0 Å². The Morgan fingerprint density at radius 3 is 2.55 bits per heavy atom. The van der Waals surface area contributed by atoms with Gasteiger partial charge in [0.1, 0.15) is 5.75 Å². The first-order valence-corrected chi connectivity index (χ1v) is 11.5. The van der Waals surface area contributed by atoms with E-state index >= 15 is 0 Å². The van der Waals surface area contributed by atoms with E-state index in [2.05, 4.69) is 13.8 Å². The summed E-state index contributed by atoms with van der Waals surface area (Å²) in [5.41, 5.74) is -2.48. The van der Waals surface area contributed by atoms with Crippen molar-refractivity contribution >= 4 is 46.8 Å². The number of carbonyl (C=O) groups excluding carboxylic acids is 1. The number of hydrogen-bond donors (Lipinski definition) is 0. The van der Waals surface area contributed by atoms with E-state index in [1.807, 2.05) is 6.92 Å². The lowest BCUT2D eigenvalue weighted by Crippen LogP contribution is -2.24. The van der Waals surface area contributed by atoms with Crippen LogP contribution in [0.1, 0.15) is 27.2 Å². The molecule has 0 aliphatic carbocycles. The molecular formula is C14H21ClNO3PS2. The molecule has 2 unspecified atom stereocenters. The molecule has 0 fully saturated rings. The number of nitrogens with zero attached hydrogens (tertiary/aromatic N) is 1. The van der Waals surface area contributed by atoms with Crippen molar-refractivity contribution in [2.45, 2.75) is 32.4 Å². The van der Waals surface area contributed by atoms with Crippen LogP contribution in [-0.4, -0.2) is 29.7 Å². The van der Waals surface area contributed by atoms with Crippen molar-refractivity contribution in [2.24, 2.45) is 0 Å². The zero-order valence-corrected chi connectivity index (χ0v) is 16.2. The molecule has 0 bridgehead atoms. The molecule has 0 aliphatic rings. The number of carbonyl (C=O) groups is 1. The summed E-state index contributed by atoms with van der Waals surface area (Å²) in [4.78, 5) is 11.5. The molecule has 0 saturated heterocycles. The fraction of sp³-hybridized carbons (Fsp3) is 0.500. The van der Waals surface area contributed by atoms with E-state index in [1.165, 1.54) is 16.1 Å². The predicted octanol–water partition coefficient (Wildman–Crippen LogP) is 4.93. The lowest BCUT2D eigenvalue weighted by atomic mass is 10.3. The summed E-state index contributed by atoms with van der Waals surface area (Å²) in [6.07, 6.45) is 1.67. The van der Waals surface area contributed by atoms with E-state index in [4.69, 9.17) is 32.7 Å². The van der Waals surface area contributed by atoms with Gasteiger partial charge in [-0.3, -0.25) is 9.46 Å². The van der Waals surface area contributed by atoms with Gasteiger partial charge in [0.15, 0.2) is 6.73 Å². The van der Waals surface area contributed by atoms with Gasteiger partial charge in [0, 0.05) is 10.3 Å². The quantitative estimate of drug-likeness (QED) is 0.326. The van der Waals surface area contributed by atoms with E-state index in [-0.39, 0.29) is 6.73 Å². The molecule has 0 heterocycles. The third kappa shape index (κ3) is 6.09. The van der Waals surface area contributed by atoms with Crippen LogP contribution in [0.15, 0.2) is 24.3 Å². The lowest BCUT2D eigenvalue weighted by molar-refractivity contribution is -0.115. The molecule has 1 aromatic carbocycles. The van der Waals surface area contributed by atoms with Gasteiger partial charge in [-0.1, -0.05) is 36.8 Å². The standard InChI is InChI=1S/C14H21ClNO3PS2/c1-4-12(3)22-20(21,19-5-2)16(10-17)11-18-14-8-6-13(15)7-9-14/h6-10,12H,4-5,11H2,1-3H3. The first-order valence-electron chi connectivity index (χ1n) is 6.99. The van der Waals surface area contributed by atoms with Crippen molar-refractivity contribution in [1.82, 2.24) is 4.67 Å². The second-order valence-electron chi connectivity index (χ2n) is 4.48. The van der Waals surface area contributed by atoms with Crippen LogP contribution in [0.2, 0.25) is 5.02 Å². The summed E-state index contributed by atoms with van der Waals surface area (Å²) in [5.74, 6) is 0.628. The molecule has 4 nitrogen and oxygen atoms in total. The molecule has 2 atom stereocenters. The van der Waals surface area contributed by atoms with Crippen LogP contribution in [0.25, 0.3) is 0 Å². The van der Waals surface area contributed by atoms with Crippen molar-refractivity contribution in [3.05, 3.63) is 29.3 Å². The fourth-order valence-electron chi connectivity index (χ4n) is 1.46. The smallest absolute Gasteiger partial charge is 0.218 e. The molecule has 0 radical (unpaired) electrons. The number of ether oxygens (including phenoxy) is 1. The third-order valence-electron chi connectivity index (χ3n) is 2.79. The Labute approximate surface area is 146 Å². The largest absolute Gasteiger partial charge is 0.473 e. The lowest BCUT2D eigenvalue weighted by Gasteiger charge is -2.31. The second-order valence-corrected chi connectivity index (χ2v) is 11.9. The molecule has 1 rings (SSSR count). The average molecular weight is 382 g/mol. The number of benzene rings is 1. The van der Waals surface area contributed by atoms with Gasteiger partial charge < -0.3 is 9.26 Å². The van der Waals surface area contributed by atoms with Crippen LogP contribution in [0.4, 0.5) is 0 Å². The van der Waals surface area contributed by atoms with Crippen molar-refractivity contribution in [3.8, 4) is 5.75 Å². The van der Waals surface area contributed by atoms with Gasteiger partial charge in [0.05, 0.1) is 6.61 Å². The zero-order valence-electron chi connectivity index (χ0n) is 12.9. The predicted molar refractivity (Wildman–Crippen MR) is 98.1 cm³/mol. The van der Waals surface area contributed by atoms with E-state index in [0.29, 0.717) is 29.0 Å². The van der Waals surface area contributed by atoms with Crippen LogP contribution >= 0.6 is 28.6 Å². The SMILES string of the molecule is CCOP(=S)(SC(C)CC)N(C=O)COc1ccc(Cl)cc1. The average Bonchev–Trinajstić information content (AvgIpc) is 2.49. The zero-order chi connectivity index (χ0) is 16.6. The molecule has 0 N–H and O–H groups in total. The molecule has 1 aromatic rings. The van der Waals surface area contributed by atoms with Crippen molar-refractivity contribution in [2.75, 3.05) is 13.3 Å². The van der Waals surface area contributed by atoms with Crippen LogP contribution in [-0.2, 0) is 21.1 Å². The Kier molecular flexibility index (Phi) is 8.80. The van der Waals surface area contributed by atoms with Gasteiger partial charge >= 0.3 is 0 Å². The van der Waals surface area contributed by atoms with E-state index in [0.717, 1.165) is 6.42 Å². The monoisotopic (exact) mass is 381 g/mol. The third-order valence-corrected chi connectivity index (χ3v) is 9.97. The Bertz CT molecular complexity index is 515. The first-order chi connectivity index (χ1) is 10.4. The van der Waals surface area contributed by atoms with Crippen LogP contribution in [0.3, 0.4) is 0 Å².